The minimum atomic E-state index is 0.216. The number of amides is 1. The molecule has 2 aliphatic heterocycles. The van der Waals surface area contributed by atoms with E-state index in [2.05, 4.69) is 25.8 Å². The SMILES string of the molecule is CC(=O)N1CCC2(CCC(CN(C)C(C)C)OC2)CC1. The number of likely N-dealkylation sites (N-methyl/N-ethyl adjacent to an activating group) is 1. The summed E-state index contributed by atoms with van der Waals surface area (Å²) < 4.78 is 6.14. The Hall–Kier alpha value is -0.610. The molecule has 0 N–H and O–H groups in total. The second-order valence-electron chi connectivity index (χ2n) is 7.01. The number of hydrogen-bond donors (Lipinski definition) is 0. The minimum absolute atomic E-state index is 0.216. The lowest BCUT2D eigenvalue weighted by Gasteiger charge is -2.46. The maximum atomic E-state index is 11.4. The Morgan fingerprint density at radius 2 is 2.00 bits per heavy atom. The predicted octanol–water partition coefficient (Wildman–Crippen LogP) is 2.13. The monoisotopic (exact) mass is 282 g/mol. The number of rotatable bonds is 3. The van der Waals surface area contributed by atoms with Gasteiger partial charge in [0.2, 0.25) is 5.91 Å². The standard InChI is InChI=1S/C16H30N2O2/c1-13(2)17(4)11-15-5-6-16(12-20-15)7-9-18(10-8-16)14(3)19/h13,15H,5-12H2,1-4H3. The van der Waals surface area contributed by atoms with E-state index in [1.807, 2.05) is 4.90 Å². The van der Waals surface area contributed by atoms with Gasteiger partial charge in [0.1, 0.15) is 0 Å². The summed E-state index contributed by atoms with van der Waals surface area (Å²) in [5.74, 6) is 0.216. The quantitative estimate of drug-likeness (QED) is 0.795. The zero-order valence-electron chi connectivity index (χ0n) is 13.5. The number of carbonyl (C=O) groups is 1. The van der Waals surface area contributed by atoms with Gasteiger partial charge >= 0.3 is 0 Å². The van der Waals surface area contributed by atoms with Crippen LogP contribution in [0.2, 0.25) is 0 Å². The van der Waals surface area contributed by atoms with Crippen LogP contribution in [-0.2, 0) is 9.53 Å². The molecule has 2 saturated heterocycles. The number of carbonyl (C=O) groups excluding carboxylic acids is 1. The van der Waals surface area contributed by atoms with E-state index in [-0.39, 0.29) is 5.91 Å². The summed E-state index contributed by atoms with van der Waals surface area (Å²) in [7, 11) is 2.17. The lowest BCUT2D eigenvalue weighted by atomic mass is 9.73. The molecule has 0 saturated carbocycles. The molecule has 0 aromatic heterocycles. The van der Waals surface area contributed by atoms with Crippen molar-refractivity contribution < 1.29 is 9.53 Å². The molecule has 116 valence electrons. The second kappa shape index (κ2) is 6.44. The highest BCUT2D eigenvalue weighted by Gasteiger charge is 2.39. The van der Waals surface area contributed by atoms with Crippen LogP contribution in [0.4, 0.5) is 0 Å². The van der Waals surface area contributed by atoms with Crippen LogP contribution >= 0.6 is 0 Å². The van der Waals surface area contributed by atoms with Gasteiger partial charge in [0.15, 0.2) is 0 Å². The van der Waals surface area contributed by atoms with Gasteiger partial charge in [-0.25, -0.2) is 0 Å². The van der Waals surface area contributed by atoms with Crippen molar-refractivity contribution in [2.24, 2.45) is 5.41 Å². The van der Waals surface area contributed by atoms with Crippen LogP contribution in [0, 0.1) is 5.41 Å². The number of nitrogens with zero attached hydrogens (tertiary/aromatic N) is 2. The highest BCUT2D eigenvalue weighted by Crippen LogP contribution is 2.40. The molecular weight excluding hydrogens is 252 g/mol. The Morgan fingerprint density at radius 3 is 2.45 bits per heavy atom. The first-order chi connectivity index (χ1) is 9.42. The molecule has 2 rings (SSSR count). The van der Waals surface area contributed by atoms with Crippen LogP contribution in [0.1, 0.15) is 46.5 Å². The number of likely N-dealkylation sites (tertiary alicyclic amines) is 1. The first-order valence-corrected chi connectivity index (χ1v) is 7.99. The summed E-state index contributed by atoms with van der Waals surface area (Å²) in [6.45, 7) is 9.87. The van der Waals surface area contributed by atoms with E-state index < -0.39 is 0 Å². The lowest BCUT2D eigenvalue weighted by Crippen LogP contribution is -2.48. The maximum absolute atomic E-state index is 11.4. The Balaban J connectivity index is 1.78. The van der Waals surface area contributed by atoms with Crippen molar-refractivity contribution in [3.8, 4) is 0 Å². The van der Waals surface area contributed by atoms with Crippen molar-refractivity contribution in [3.63, 3.8) is 0 Å². The van der Waals surface area contributed by atoms with Crippen LogP contribution in [0.5, 0.6) is 0 Å². The fourth-order valence-corrected chi connectivity index (χ4v) is 3.28. The van der Waals surface area contributed by atoms with Gasteiger partial charge in [0.25, 0.3) is 0 Å². The third-order valence-corrected chi connectivity index (χ3v) is 5.26. The van der Waals surface area contributed by atoms with E-state index >= 15 is 0 Å². The van der Waals surface area contributed by atoms with Gasteiger partial charge in [-0.2, -0.15) is 0 Å². The largest absolute Gasteiger partial charge is 0.376 e. The van der Waals surface area contributed by atoms with Gasteiger partial charge in [-0.1, -0.05) is 0 Å². The molecule has 1 spiro atoms. The van der Waals surface area contributed by atoms with E-state index in [0.717, 1.165) is 45.5 Å². The number of hydrogen-bond acceptors (Lipinski definition) is 3. The van der Waals surface area contributed by atoms with Gasteiger partial charge < -0.3 is 14.5 Å². The van der Waals surface area contributed by atoms with Gasteiger partial charge in [0.05, 0.1) is 12.7 Å². The van der Waals surface area contributed by atoms with Crippen LogP contribution < -0.4 is 0 Å². The van der Waals surface area contributed by atoms with Gasteiger partial charge in [0, 0.05) is 32.6 Å². The molecule has 4 nitrogen and oxygen atoms in total. The summed E-state index contributed by atoms with van der Waals surface area (Å²) in [6.07, 6.45) is 5.03. The van der Waals surface area contributed by atoms with Crippen molar-refractivity contribution in [3.05, 3.63) is 0 Å². The molecule has 0 aliphatic carbocycles. The summed E-state index contributed by atoms with van der Waals surface area (Å²) >= 11 is 0. The Morgan fingerprint density at radius 1 is 1.35 bits per heavy atom. The fraction of sp³-hybridized carbons (Fsp3) is 0.938. The molecule has 2 aliphatic rings. The molecule has 0 bridgehead atoms. The van der Waals surface area contributed by atoms with E-state index in [1.165, 1.54) is 6.42 Å². The molecule has 1 unspecified atom stereocenters. The fourth-order valence-electron chi connectivity index (χ4n) is 3.28. The first kappa shape index (κ1) is 15.8. The molecule has 1 atom stereocenters. The van der Waals surface area contributed by atoms with E-state index in [4.69, 9.17) is 4.74 Å². The van der Waals surface area contributed by atoms with Crippen LogP contribution in [0.3, 0.4) is 0 Å². The molecular formula is C16H30N2O2. The summed E-state index contributed by atoms with van der Waals surface area (Å²) in [5, 5.41) is 0. The van der Waals surface area contributed by atoms with Gasteiger partial charge in [-0.15, -0.1) is 0 Å². The molecule has 20 heavy (non-hydrogen) atoms. The summed E-state index contributed by atoms with van der Waals surface area (Å²) in [4.78, 5) is 15.7. The van der Waals surface area contributed by atoms with Gasteiger partial charge in [-0.3, -0.25) is 4.79 Å². The Labute approximate surface area is 123 Å². The topological polar surface area (TPSA) is 32.8 Å². The zero-order valence-corrected chi connectivity index (χ0v) is 13.5. The van der Waals surface area contributed by atoms with Gasteiger partial charge in [-0.05, 0) is 52.0 Å². The van der Waals surface area contributed by atoms with E-state index in [1.54, 1.807) is 6.92 Å². The zero-order chi connectivity index (χ0) is 14.8. The third-order valence-electron chi connectivity index (χ3n) is 5.26. The van der Waals surface area contributed by atoms with Crippen molar-refractivity contribution >= 4 is 5.91 Å². The smallest absolute Gasteiger partial charge is 0.219 e. The molecule has 0 aromatic carbocycles. The third kappa shape index (κ3) is 3.73. The summed E-state index contributed by atoms with van der Waals surface area (Å²) in [5.41, 5.74) is 0.346. The molecule has 0 radical (unpaired) electrons. The molecule has 1 amide bonds. The summed E-state index contributed by atoms with van der Waals surface area (Å²) in [6, 6.07) is 0.577. The number of ether oxygens (including phenoxy) is 1. The molecule has 2 heterocycles. The number of piperidine rings is 1. The normalized spacial score (nSPS) is 26.5. The van der Waals surface area contributed by atoms with Crippen molar-refractivity contribution in [1.29, 1.82) is 0 Å². The lowest BCUT2D eigenvalue weighted by molar-refractivity contribution is -0.135. The maximum Gasteiger partial charge on any atom is 0.219 e. The minimum Gasteiger partial charge on any atom is -0.376 e. The van der Waals surface area contributed by atoms with Crippen molar-refractivity contribution in [1.82, 2.24) is 9.80 Å². The van der Waals surface area contributed by atoms with Crippen molar-refractivity contribution in [2.45, 2.75) is 58.6 Å². The van der Waals surface area contributed by atoms with E-state index in [0.29, 0.717) is 17.6 Å². The predicted molar refractivity (Wildman–Crippen MR) is 80.7 cm³/mol. The second-order valence-corrected chi connectivity index (χ2v) is 7.01. The average molecular weight is 282 g/mol. The molecule has 0 aromatic rings. The van der Waals surface area contributed by atoms with Crippen LogP contribution in [0.15, 0.2) is 0 Å². The highest BCUT2D eigenvalue weighted by molar-refractivity contribution is 5.73. The highest BCUT2D eigenvalue weighted by atomic mass is 16.5. The first-order valence-electron chi connectivity index (χ1n) is 7.99. The molecule has 2 fully saturated rings. The van der Waals surface area contributed by atoms with Crippen molar-refractivity contribution in [2.75, 3.05) is 33.3 Å². The average Bonchev–Trinajstić information content (AvgIpc) is 2.42. The Bertz CT molecular complexity index is 325. The molecule has 4 heteroatoms. The van der Waals surface area contributed by atoms with Crippen LogP contribution in [-0.4, -0.2) is 61.1 Å². The van der Waals surface area contributed by atoms with E-state index in [9.17, 15) is 4.79 Å². The van der Waals surface area contributed by atoms with Crippen LogP contribution in [0.25, 0.3) is 0 Å². The Kier molecular flexibility index (Phi) is 5.08.